The van der Waals surface area contributed by atoms with E-state index >= 15 is 0 Å². The molecule has 2 heterocycles. The lowest BCUT2D eigenvalue weighted by Crippen LogP contribution is -2.06. The zero-order valence-corrected chi connectivity index (χ0v) is 16.6. The third kappa shape index (κ3) is 4.51. The molecule has 0 radical (unpaired) electrons. The fourth-order valence-corrected chi connectivity index (χ4v) is 3.02. The van der Waals surface area contributed by atoms with Crippen LogP contribution in [0.1, 0.15) is 24.8 Å². The Bertz CT molecular complexity index is 1290. The van der Waals surface area contributed by atoms with Crippen LogP contribution in [-0.4, -0.2) is 15.9 Å². The molecule has 4 rings (SSSR count). The highest BCUT2D eigenvalue weighted by atomic mass is 16.6. The van der Waals surface area contributed by atoms with Crippen molar-refractivity contribution >= 4 is 34.7 Å². The van der Waals surface area contributed by atoms with Crippen LogP contribution in [0.4, 0.5) is 5.69 Å². The molecule has 0 spiro atoms. The largest absolute Gasteiger partial charge is 0.457 e. The van der Waals surface area contributed by atoms with Crippen LogP contribution in [0.5, 0.6) is 5.75 Å². The first-order valence-corrected chi connectivity index (χ1v) is 9.66. The maximum absolute atomic E-state index is 11.7. The van der Waals surface area contributed by atoms with E-state index in [2.05, 4.69) is 4.98 Å². The number of hydrogen-bond acceptors (Lipinski definition) is 6. The number of ether oxygens (including phenoxy) is 1. The molecule has 7 nitrogen and oxygen atoms in total. The summed E-state index contributed by atoms with van der Waals surface area (Å²) in [6.07, 6.45) is 3.87. The van der Waals surface area contributed by atoms with Crippen LogP contribution in [0.15, 0.2) is 71.1 Å². The fraction of sp³-hybridized carbons (Fsp3) is 0.0833. The van der Waals surface area contributed by atoms with Gasteiger partial charge in [-0.2, -0.15) is 0 Å². The van der Waals surface area contributed by atoms with E-state index < -0.39 is 4.92 Å². The Morgan fingerprint density at radius 3 is 2.61 bits per heavy atom. The van der Waals surface area contributed by atoms with E-state index in [0.29, 0.717) is 28.5 Å². The minimum absolute atomic E-state index is 0.0294. The monoisotopic (exact) mass is 414 g/mol. The van der Waals surface area contributed by atoms with Gasteiger partial charge in [0.15, 0.2) is 5.75 Å². The van der Waals surface area contributed by atoms with E-state index in [0.717, 1.165) is 10.9 Å². The highest BCUT2D eigenvalue weighted by Crippen LogP contribution is 2.27. The lowest BCUT2D eigenvalue weighted by molar-refractivity contribution is -0.384. The average Bonchev–Trinajstić information content (AvgIpc) is 3.27. The molecule has 0 amide bonds. The second-order valence-corrected chi connectivity index (χ2v) is 6.73. The van der Waals surface area contributed by atoms with Gasteiger partial charge in [-0.1, -0.05) is 25.1 Å². The van der Waals surface area contributed by atoms with Gasteiger partial charge in [-0.3, -0.25) is 14.9 Å². The number of nitro groups is 1. The summed E-state index contributed by atoms with van der Waals surface area (Å²) < 4.78 is 11.2. The van der Waals surface area contributed by atoms with Crippen LogP contribution < -0.4 is 4.74 Å². The van der Waals surface area contributed by atoms with Crippen LogP contribution in [-0.2, 0) is 4.79 Å². The summed E-state index contributed by atoms with van der Waals surface area (Å²) in [4.78, 5) is 26.6. The van der Waals surface area contributed by atoms with Gasteiger partial charge in [0, 0.05) is 29.5 Å². The minimum atomic E-state index is -0.439. The summed E-state index contributed by atoms with van der Waals surface area (Å²) in [5, 5.41) is 11.7. The van der Waals surface area contributed by atoms with Gasteiger partial charge in [-0.25, -0.2) is 4.98 Å². The summed E-state index contributed by atoms with van der Waals surface area (Å²) in [6.45, 7) is 1.74. The number of para-hydroxylation sites is 1. The van der Waals surface area contributed by atoms with Crippen LogP contribution in [0.25, 0.3) is 34.4 Å². The first-order valence-electron chi connectivity index (χ1n) is 9.66. The van der Waals surface area contributed by atoms with Gasteiger partial charge in [-0.15, -0.1) is 0 Å². The number of fused-ring (bicyclic) bond motifs is 1. The molecule has 7 heteroatoms. The predicted molar refractivity (Wildman–Crippen MR) is 117 cm³/mol. The Kier molecular flexibility index (Phi) is 5.57. The first kappa shape index (κ1) is 20.0. The van der Waals surface area contributed by atoms with Crippen molar-refractivity contribution in [1.29, 1.82) is 0 Å². The zero-order valence-electron chi connectivity index (χ0n) is 16.6. The van der Waals surface area contributed by atoms with Crippen molar-refractivity contribution < 1.29 is 18.9 Å². The Labute approximate surface area is 177 Å². The van der Waals surface area contributed by atoms with Crippen molar-refractivity contribution in [2.45, 2.75) is 13.3 Å². The van der Waals surface area contributed by atoms with E-state index in [9.17, 15) is 14.9 Å². The van der Waals surface area contributed by atoms with Gasteiger partial charge in [-0.05, 0) is 48.6 Å². The number of rotatable bonds is 6. The van der Waals surface area contributed by atoms with Gasteiger partial charge >= 0.3 is 5.97 Å². The standard InChI is InChI=1S/C24H18N2O5/c1-2-23(27)31-22-5-3-4-17-6-9-18(25-24(17)22)10-13-20-14-15-21(30-20)16-7-11-19(12-8-16)26(28)29/h3-15H,2H2,1H3/b13-10+. The third-order valence-electron chi connectivity index (χ3n) is 4.63. The lowest BCUT2D eigenvalue weighted by Gasteiger charge is -2.06. The molecule has 0 fully saturated rings. The van der Waals surface area contributed by atoms with Crippen molar-refractivity contribution in [3.8, 4) is 17.1 Å². The number of non-ortho nitro benzene ring substituents is 1. The normalized spacial score (nSPS) is 11.1. The maximum atomic E-state index is 11.7. The van der Waals surface area contributed by atoms with E-state index in [-0.39, 0.29) is 18.1 Å². The maximum Gasteiger partial charge on any atom is 0.310 e. The Morgan fingerprint density at radius 1 is 1.06 bits per heavy atom. The Balaban J connectivity index is 1.56. The molecule has 0 bridgehead atoms. The van der Waals surface area contributed by atoms with Crippen molar-refractivity contribution in [3.05, 3.63) is 88.3 Å². The summed E-state index contributed by atoms with van der Waals surface area (Å²) in [5.74, 6) is 1.33. The molecule has 0 aliphatic carbocycles. The molecular weight excluding hydrogens is 396 g/mol. The predicted octanol–water partition coefficient (Wildman–Crippen LogP) is 5.89. The number of carbonyl (C=O) groups excluding carboxylic acids is 1. The lowest BCUT2D eigenvalue weighted by atomic mass is 10.1. The number of nitrogens with zero attached hydrogens (tertiary/aromatic N) is 2. The van der Waals surface area contributed by atoms with Crippen molar-refractivity contribution in [1.82, 2.24) is 4.98 Å². The molecule has 0 aliphatic rings. The number of aromatic nitrogens is 1. The SMILES string of the molecule is CCC(=O)Oc1cccc2ccc(/C=C/c3ccc(-c4ccc([N+](=O)[O-])cc4)o3)nc12. The van der Waals surface area contributed by atoms with Crippen LogP contribution >= 0.6 is 0 Å². The highest BCUT2D eigenvalue weighted by molar-refractivity contribution is 5.88. The van der Waals surface area contributed by atoms with E-state index in [1.54, 1.807) is 43.3 Å². The number of hydrogen-bond donors (Lipinski definition) is 0. The van der Waals surface area contributed by atoms with Gasteiger partial charge in [0.2, 0.25) is 0 Å². The topological polar surface area (TPSA) is 95.5 Å². The van der Waals surface area contributed by atoms with Gasteiger partial charge in [0.25, 0.3) is 5.69 Å². The molecule has 0 saturated carbocycles. The van der Waals surface area contributed by atoms with Gasteiger partial charge in [0.1, 0.15) is 17.0 Å². The third-order valence-corrected chi connectivity index (χ3v) is 4.63. The Morgan fingerprint density at radius 2 is 1.87 bits per heavy atom. The molecular formula is C24H18N2O5. The van der Waals surface area contributed by atoms with Crippen LogP contribution in [0.2, 0.25) is 0 Å². The molecule has 0 unspecified atom stereocenters. The molecule has 154 valence electrons. The van der Waals surface area contributed by atoms with E-state index in [1.807, 2.05) is 30.3 Å². The zero-order chi connectivity index (χ0) is 21.8. The molecule has 2 aromatic heterocycles. The van der Waals surface area contributed by atoms with Gasteiger partial charge < -0.3 is 9.15 Å². The number of benzene rings is 2. The van der Waals surface area contributed by atoms with Crippen LogP contribution in [0.3, 0.4) is 0 Å². The number of pyridine rings is 1. The molecule has 0 atom stereocenters. The highest BCUT2D eigenvalue weighted by Gasteiger charge is 2.09. The second kappa shape index (κ2) is 8.62. The second-order valence-electron chi connectivity index (χ2n) is 6.73. The summed E-state index contributed by atoms with van der Waals surface area (Å²) >= 11 is 0. The molecule has 0 saturated heterocycles. The smallest absolute Gasteiger partial charge is 0.310 e. The summed E-state index contributed by atoms with van der Waals surface area (Å²) in [5.41, 5.74) is 2.07. The molecule has 2 aromatic carbocycles. The van der Waals surface area contributed by atoms with Gasteiger partial charge in [0.05, 0.1) is 10.6 Å². The average molecular weight is 414 g/mol. The fourth-order valence-electron chi connectivity index (χ4n) is 3.02. The first-order chi connectivity index (χ1) is 15.0. The molecule has 31 heavy (non-hydrogen) atoms. The van der Waals surface area contributed by atoms with Crippen molar-refractivity contribution in [3.63, 3.8) is 0 Å². The van der Waals surface area contributed by atoms with Crippen molar-refractivity contribution in [2.75, 3.05) is 0 Å². The van der Waals surface area contributed by atoms with E-state index in [4.69, 9.17) is 9.15 Å². The molecule has 0 aliphatic heterocycles. The summed E-state index contributed by atoms with van der Waals surface area (Å²) in [7, 11) is 0. The van der Waals surface area contributed by atoms with Crippen LogP contribution in [0, 0.1) is 10.1 Å². The number of furan rings is 1. The number of nitro benzene ring substituents is 1. The summed E-state index contributed by atoms with van der Waals surface area (Å²) in [6, 6.07) is 19.0. The minimum Gasteiger partial charge on any atom is -0.457 e. The number of carbonyl (C=O) groups is 1. The molecule has 4 aromatic rings. The molecule has 0 N–H and O–H groups in total. The van der Waals surface area contributed by atoms with E-state index in [1.165, 1.54) is 12.1 Å². The Hall–Kier alpha value is -4.26. The number of esters is 1. The quantitative estimate of drug-likeness (QED) is 0.169. The van der Waals surface area contributed by atoms with Crippen molar-refractivity contribution in [2.24, 2.45) is 0 Å².